The molecule has 1 aliphatic rings. The van der Waals surface area contributed by atoms with Gasteiger partial charge in [0, 0.05) is 36.2 Å². The summed E-state index contributed by atoms with van der Waals surface area (Å²) in [6, 6.07) is 9.33. The molecular formula is C18H27N3. The number of fused-ring (bicyclic) bond motifs is 3. The molecule has 2 N–H and O–H groups in total. The largest absolute Gasteiger partial charge is 0.342 e. The summed E-state index contributed by atoms with van der Waals surface area (Å²) in [7, 11) is 0. The van der Waals surface area contributed by atoms with Crippen molar-refractivity contribution in [3.05, 3.63) is 35.5 Å². The van der Waals surface area contributed by atoms with Crippen LogP contribution in [0, 0.1) is 0 Å². The first-order valence-electron chi connectivity index (χ1n) is 8.04. The van der Waals surface area contributed by atoms with Gasteiger partial charge in [-0.2, -0.15) is 0 Å². The minimum atomic E-state index is 0.212. The predicted molar refractivity (Wildman–Crippen MR) is 89.6 cm³/mol. The summed E-state index contributed by atoms with van der Waals surface area (Å²) in [4.78, 5) is 2.52. The van der Waals surface area contributed by atoms with Crippen LogP contribution in [0.1, 0.15) is 38.4 Å². The number of hydrogen-bond donors (Lipinski definition) is 1. The molecule has 0 saturated heterocycles. The Labute approximate surface area is 127 Å². The molecule has 3 rings (SSSR count). The molecule has 0 bridgehead atoms. The van der Waals surface area contributed by atoms with Gasteiger partial charge in [0.25, 0.3) is 0 Å². The maximum Gasteiger partial charge on any atom is 0.0483 e. The van der Waals surface area contributed by atoms with Gasteiger partial charge in [-0.1, -0.05) is 26.8 Å². The number of rotatable bonds is 3. The summed E-state index contributed by atoms with van der Waals surface area (Å²) >= 11 is 0. The number of nitrogens with two attached hydrogens (primary N) is 1. The van der Waals surface area contributed by atoms with Gasteiger partial charge in [0.2, 0.25) is 0 Å². The summed E-state index contributed by atoms with van der Waals surface area (Å²) in [5.74, 6) is 0. The molecule has 0 fully saturated rings. The Morgan fingerprint density at radius 1 is 1.14 bits per heavy atom. The van der Waals surface area contributed by atoms with Gasteiger partial charge in [0.1, 0.15) is 0 Å². The van der Waals surface area contributed by atoms with Crippen LogP contribution in [0.25, 0.3) is 10.9 Å². The van der Waals surface area contributed by atoms with E-state index >= 15 is 0 Å². The lowest BCUT2D eigenvalue weighted by molar-refractivity contribution is 0.222. The molecule has 21 heavy (non-hydrogen) atoms. The van der Waals surface area contributed by atoms with E-state index < -0.39 is 0 Å². The van der Waals surface area contributed by atoms with Crippen molar-refractivity contribution in [2.45, 2.75) is 45.7 Å². The van der Waals surface area contributed by atoms with E-state index in [-0.39, 0.29) is 5.41 Å². The Hall–Kier alpha value is -1.32. The highest BCUT2D eigenvalue weighted by molar-refractivity contribution is 5.82. The molecule has 114 valence electrons. The highest BCUT2D eigenvalue weighted by Gasteiger charge is 2.20. The molecule has 2 aromatic rings. The van der Waals surface area contributed by atoms with Crippen LogP contribution in [0.3, 0.4) is 0 Å². The van der Waals surface area contributed by atoms with Crippen LogP contribution in [-0.2, 0) is 18.5 Å². The van der Waals surface area contributed by atoms with Crippen LogP contribution in [0.4, 0.5) is 0 Å². The van der Waals surface area contributed by atoms with Crippen molar-refractivity contribution in [3.63, 3.8) is 0 Å². The predicted octanol–water partition coefficient (Wildman–Crippen LogP) is 3.10. The molecule has 3 nitrogen and oxygen atoms in total. The standard InChI is InChI=1S/C18H27N3/c1-18(2,3)15-5-6-17-14(11-15)12-16-13-20(8-4-7-19)9-10-21(16)17/h5-6,11-12H,4,7-10,13,19H2,1-3H3. The van der Waals surface area contributed by atoms with Crippen LogP contribution in [0.2, 0.25) is 0 Å². The van der Waals surface area contributed by atoms with Crippen molar-refractivity contribution < 1.29 is 0 Å². The zero-order valence-corrected chi connectivity index (χ0v) is 13.5. The Morgan fingerprint density at radius 3 is 2.67 bits per heavy atom. The molecule has 1 aromatic heterocycles. The topological polar surface area (TPSA) is 34.2 Å². The second-order valence-electron chi connectivity index (χ2n) is 7.23. The third kappa shape index (κ3) is 2.85. The maximum atomic E-state index is 5.63. The monoisotopic (exact) mass is 285 g/mol. The molecule has 0 radical (unpaired) electrons. The van der Waals surface area contributed by atoms with Crippen LogP contribution < -0.4 is 5.73 Å². The van der Waals surface area contributed by atoms with Crippen molar-refractivity contribution >= 4 is 10.9 Å². The summed E-state index contributed by atoms with van der Waals surface area (Å²) in [6.07, 6.45) is 1.09. The SMILES string of the molecule is CC(C)(C)c1ccc2c(c1)cc1n2CCN(CCCN)C1. The summed E-state index contributed by atoms with van der Waals surface area (Å²) in [5.41, 5.74) is 10.1. The molecule has 0 saturated carbocycles. The van der Waals surface area contributed by atoms with Gasteiger partial charge >= 0.3 is 0 Å². The number of benzene rings is 1. The number of aromatic nitrogens is 1. The van der Waals surface area contributed by atoms with Crippen LogP contribution in [0.15, 0.2) is 24.3 Å². The van der Waals surface area contributed by atoms with Gasteiger partial charge in [0.05, 0.1) is 0 Å². The van der Waals surface area contributed by atoms with E-state index in [1.165, 1.54) is 22.2 Å². The molecule has 0 atom stereocenters. The molecule has 1 aliphatic heterocycles. The highest BCUT2D eigenvalue weighted by Crippen LogP contribution is 2.29. The first kappa shape index (κ1) is 14.6. The highest BCUT2D eigenvalue weighted by atomic mass is 15.2. The Morgan fingerprint density at radius 2 is 1.95 bits per heavy atom. The van der Waals surface area contributed by atoms with Crippen LogP contribution in [-0.4, -0.2) is 29.1 Å². The molecule has 0 amide bonds. The first-order chi connectivity index (χ1) is 9.99. The van der Waals surface area contributed by atoms with Crippen molar-refractivity contribution in [2.75, 3.05) is 19.6 Å². The average Bonchev–Trinajstić information content (AvgIpc) is 2.80. The third-order valence-corrected chi connectivity index (χ3v) is 4.56. The van der Waals surface area contributed by atoms with Crippen molar-refractivity contribution in [1.29, 1.82) is 0 Å². The first-order valence-corrected chi connectivity index (χ1v) is 8.04. The van der Waals surface area contributed by atoms with E-state index in [9.17, 15) is 0 Å². The van der Waals surface area contributed by atoms with Crippen LogP contribution in [0.5, 0.6) is 0 Å². The molecule has 3 heteroatoms. The van der Waals surface area contributed by atoms with Crippen molar-refractivity contribution in [2.24, 2.45) is 5.73 Å². The Balaban J connectivity index is 1.91. The summed E-state index contributed by atoms with van der Waals surface area (Å²) in [5, 5.41) is 1.39. The van der Waals surface area contributed by atoms with Crippen molar-refractivity contribution in [3.8, 4) is 0 Å². The Bertz CT molecular complexity index is 634. The van der Waals surface area contributed by atoms with E-state index in [2.05, 4.69) is 54.5 Å². The quantitative estimate of drug-likeness (QED) is 0.940. The van der Waals surface area contributed by atoms with E-state index in [0.29, 0.717) is 0 Å². The number of hydrogen-bond acceptors (Lipinski definition) is 2. The zero-order chi connectivity index (χ0) is 15.0. The molecule has 0 spiro atoms. The molecule has 2 heterocycles. The lowest BCUT2D eigenvalue weighted by Gasteiger charge is -2.28. The fourth-order valence-electron chi connectivity index (χ4n) is 3.24. The normalized spacial score (nSPS) is 16.4. The molecular weight excluding hydrogens is 258 g/mol. The van der Waals surface area contributed by atoms with E-state index in [1.807, 2.05) is 0 Å². The molecule has 0 unspecified atom stereocenters. The zero-order valence-electron chi connectivity index (χ0n) is 13.5. The lowest BCUT2D eigenvalue weighted by atomic mass is 9.86. The maximum absolute atomic E-state index is 5.63. The minimum Gasteiger partial charge on any atom is -0.342 e. The van der Waals surface area contributed by atoms with Gasteiger partial charge in [-0.25, -0.2) is 0 Å². The fourth-order valence-corrected chi connectivity index (χ4v) is 3.24. The fraction of sp³-hybridized carbons (Fsp3) is 0.556. The second-order valence-corrected chi connectivity index (χ2v) is 7.23. The minimum absolute atomic E-state index is 0.212. The second kappa shape index (κ2) is 5.47. The number of nitrogens with zero attached hydrogens (tertiary/aromatic N) is 2. The molecule has 0 aliphatic carbocycles. The summed E-state index contributed by atoms with van der Waals surface area (Å²) in [6.45, 7) is 12.0. The van der Waals surface area contributed by atoms with E-state index in [1.54, 1.807) is 0 Å². The van der Waals surface area contributed by atoms with E-state index in [4.69, 9.17) is 5.73 Å². The van der Waals surface area contributed by atoms with Gasteiger partial charge < -0.3 is 10.3 Å². The van der Waals surface area contributed by atoms with E-state index in [0.717, 1.165) is 39.1 Å². The lowest BCUT2D eigenvalue weighted by Crippen LogP contribution is -2.34. The van der Waals surface area contributed by atoms with Gasteiger partial charge in [-0.3, -0.25) is 4.90 Å². The van der Waals surface area contributed by atoms with Crippen molar-refractivity contribution in [1.82, 2.24) is 9.47 Å². The van der Waals surface area contributed by atoms with Crippen LogP contribution >= 0.6 is 0 Å². The van der Waals surface area contributed by atoms with Gasteiger partial charge in [0.15, 0.2) is 0 Å². The molecule has 1 aromatic carbocycles. The van der Waals surface area contributed by atoms with Gasteiger partial charge in [-0.05, 0) is 48.7 Å². The average molecular weight is 285 g/mol. The smallest absolute Gasteiger partial charge is 0.0483 e. The third-order valence-electron chi connectivity index (χ3n) is 4.56. The summed E-state index contributed by atoms with van der Waals surface area (Å²) < 4.78 is 2.49. The van der Waals surface area contributed by atoms with Gasteiger partial charge in [-0.15, -0.1) is 0 Å². The Kier molecular flexibility index (Phi) is 3.80.